The lowest BCUT2D eigenvalue weighted by Gasteiger charge is -2.26. The van der Waals surface area contributed by atoms with Crippen LogP contribution in [-0.2, 0) is 6.54 Å². The number of nitrogens with one attached hydrogen (secondary N) is 2. The van der Waals surface area contributed by atoms with Gasteiger partial charge in [-0.05, 0) is 87.5 Å². The molecule has 1 aliphatic heterocycles. The fourth-order valence-corrected chi connectivity index (χ4v) is 5.32. The zero-order chi connectivity index (χ0) is 25.9. The number of carbonyl (C=O) groups is 1. The predicted molar refractivity (Wildman–Crippen MR) is 145 cm³/mol. The number of amides is 1. The summed E-state index contributed by atoms with van der Waals surface area (Å²) in [6.45, 7) is 3.08. The average molecular weight is 513 g/mol. The van der Waals surface area contributed by atoms with Crippen molar-refractivity contribution in [2.45, 2.75) is 57.3 Å². The minimum Gasteiger partial charge on any atom is -0.489 e. The van der Waals surface area contributed by atoms with Crippen LogP contribution in [0.5, 0.6) is 5.75 Å². The van der Waals surface area contributed by atoms with Crippen LogP contribution in [-0.4, -0.2) is 61.4 Å². The van der Waals surface area contributed by atoms with E-state index in [1.54, 1.807) is 18.6 Å². The second-order valence-corrected chi connectivity index (χ2v) is 10.3. The molecule has 2 aliphatic rings. The number of hydrogen-bond acceptors (Lipinski definition) is 7. The van der Waals surface area contributed by atoms with E-state index in [0.29, 0.717) is 17.1 Å². The maximum absolute atomic E-state index is 13.1. The van der Waals surface area contributed by atoms with Gasteiger partial charge in [0.2, 0.25) is 0 Å². The molecule has 6 rings (SSSR count). The number of aromatic nitrogens is 4. The number of nitrogens with zero attached hydrogens (tertiary/aromatic N) is 4. The van der Waals surface area contributed by atoms with Gasteiger partial charge in [0, 0.05) is 23.7 Å². The molecule has 3 aromatic heterocycles. The lowest BCUT2D eigenvalue weighted by atomic mass is 9.95. The van der Waals surface area contributed by atoms with Gasteiger partial charge in [-0.1, -0.05) is 6.07 Å². The zero-order valence-electron chi connectivity index (χ0n) is 21.3. The number of fused-ring (bicyclic) bond motifs is 1. The highest BCUT2D eigenvalue weighted by Crippen LogP contribution is 2.29. The zero-order valence-corrected chi connectivity index (χ0v) is 21.3. The van der Waals surface area contributed by atoms with Gasteiger partial charge in [0.1, 0.15) is 5.75 Å². The summed E-state index contributed by atoms with van der Waals surface area (Å²) >= 11 is 0. The number of aromatic amines is 1. The van der Waals surface area contributed by atoms with Crippen molar-refractivity contribution in [3.8, 4) is 16.9 Å². The molecule has 1 amide bonds. The Kier molecular flexibility index (Phi) is 7.02. The molecule has 4 aromatic rings. The van der Waals surface area contributed by atoms with Crippen molar-refractivity contribution in [2.24, 2.45) is 0 Å². The lowest BCUT2D eigenvalue weighted by molar-refractivity contribution is 0.0664. The molecule has 38 heavy (non-hydrogen) atoms. The number of benzene rings is 1. The third-order valence-corrected chi connectivity index (χ3v) is 7.44. The monoisotopic (exact) mass is 512 g/mol. The fourth-order valence-electron chi connectivity index (χ4n) is 5.32. The van der Waals surface area contributed by atoms with E-state index in [9.17, 15) is 9.90 Å². The summed E-state index contributed by atoms with van der Waals surface area (Å²) in [5, 5.41) is 20.7. The van der Waals surface area contributed by atoms with Gasteiger partial charge in [-0.25, -0.2) is 0 Å². The highest BCUT2D eigenvalue weighted by atomic mass is 16.5. The van der Waals surface area contributed by atoms with Crippen LogP contribution >= 0.6 is 0 Å². The molecule has 9 nitrogen and oxygen atoms in total. The minimum atomic E-state index is -0.294. The molecule has 4 heterocycles. The van der Waals surface area contributed by atoms with Crippen molar-refractivity contribution in [3.05, 3.63) is 66.4 Å². The number of likely N-dealkylation sites (tertiary alicyclic amines) is 1. The average Bonchev–Trinajstić information content (AvgIpc) is 3.61. The van der Waals surface area contributed by atoms with E-state index in [4.69, 9.17) is 4.74 Å². The summed E-state index contributed by atoms with van der Waals surface area (Å²) < 4.78 is 6.15. The second kappa shape index (κ2) is 10.9. The largest absolute Gasteiger partial charge is 0.489 e. The molecule has 196 valence electrons. The molecule has 0 spiro atoms. The Morgan fingerprint density at radius 1 is 1.03 bits per heavy atom. The van der Waals surface area contributed by atoms with Crippen molar-refractivity contribution in [3.63, 3.8) is 0 Å². The van der Waals surface area contributed by atoms with Gasteiger partial charge < -0.3 is 15.2 Å². The van der Waals surface area contributed by atoms with Gasteiger partial charge in [-0.3, -0.25) is 24.8 Å². The normalized spacial score (nSPS) is 20.0. The fraction of sp³-hybridized carbons (Fsp3) is 0.379. The molecule has 0 atom stereocenters. The maximum atomic E-state index is 13.1. The summed E-state index contributed by atoms with van der Waals surface area (Å²) in [4.78, 5) is 24.4. The molecule has 1 aliphatic carbocycles. The summed E-state index contributed by atoms with van der Waals surface area (Å²) in [5.74, 6) is 0.409. The van der Waals surface area contributed by atoms with Crippen LogP contribution in [0, 0.1) is 0 Å². The van der Waals surface area contributed by atoms with E-state index in [0.717, 1.165) is 73.0 Å². The number of anilines is 1. The van der Waals surface area contributed by atoms with Crippen molar-refractivity contribution in [2.75, 3.05) is 18.4 Å². The molecule has 3 N–H and O–H groups in total. The van der Waals surface area contributed by atoms with Crippen molar-refractivity contribution < 1.29 is 14.6 Å². The quantitative estimate of drug-likeness (QED) is 0.333. The molecule has 2 fully saturated rings. The van der Waals surface area contributed by atoms with Gasteiger partial charge in [-0.2, -0.15) is 5.10 Å². The van der Waals surface area contributed by atoms with Gasteiger partial charge in [0.05, 0.1) is 41.5 Å². The molecule has 0 bridgehead atoms. The summed E-state index contributed by atoms with van der Waals surface area (Å²) in [5.41, 5.74) is 4.55. The van der Waals surface area contributed by atoms with Crippen LogP contribution in [0.4, 0.5) is 5.69 Å². The van der Waals surface area contributed by atoms with Crippen LogP contribution in [0.2, 0.25) is 0 Å². The number of aliphatic hydroxyl groups is 1. The number of rotatable bonds is 7. The van der Waals surface area contributed by atoms with Crippen molar-refractivity contribution >= 4 is 22.5 Å². The Bertz CT molecular complexity index is 1410. The molecule has 0 radical (unpaired) electrons. The minimum absolute atomic E-state index is 0.0888. The number of carbonyl (C=O) groups excluding carboxylic acids is 1. The third kappa shape index (κ3) is 5.54. The standard InChI is InChI=1S/C29H32N6O3/c36-23-6-8-24(9-7-23)38-25-13-20(15-30-17-25)19-3-10-27-26(14-19)28(34-33-27)29(37)32-21-4-5-22(31-16-21)18-35-11-1-2-12-35/h3-5,10,13-17,23-24,36H,1-2,6-9,11-12,18H2,(H,32,37)(H,33,34). The van der Waals surface area contributed by atoms with Gasteiger partial charge in [0.25, 0.3) is 5.91 Å². The Morgan fingerprint density at radius 3 is 2.66 bits per heavy atom. The number of hydrogen-bond donors (Lipinski definition) is 3. The SMILES string of the molecule is O=C(Nc1ccc(CN2CCCC2)nc1)c1n[nH]c2ccc(-c3cncc(OC4CCC(O)CC4)c3)cc12. The van der Waals surface area contributed by atoms with E-state index in [1.807, 2.05) is 36.4 Å². The van der Waals surface area contributed by atoms with Crippen LogP contribution in [0.25, 0.3) is 22.0 Å². The van der Waals surface area contributed by atoms with E-state index < -0.39 is 0 Å². The van der Waals surface area contributed by atoms with Crippen LogP contribution in [0.1, 0.15) is 54.7 Å². The number of aliphatic hydroxyl groups excluding tert-OH is 1. The molecule has 9 heteroatoms. The van der Waals surface area contributed by atoms with Crippen LogP contribution in [0.3, 0.4) is 0 Å². The molecule has 1 saturated heterocycles. The Labute approximate surface area is 221 Å². The smallest absolute Gasteiger partial charge is 0.276 e. The summed E-state index contributed by atoms with van der Waals surface area (Å²) in [6, 6.07) is 11.7. The molecule has 1 saturated carbocycles. The van der Waals surface area contributed by atoms with Gasteiger partial charge in [-0.15, -0.1) is 0 Å². The molecular formula is C29H32N6O3. The summed E-state index contributed by atoms with van der Waals surface area (Å²) in [6.07, 6.45) is 10.8. The lowest BCUT2D eigenvalue weighted by Crippen LogP contribution is -2.26. The van der Waals surface area contributed by atoms with Crippen molar-refractivity contribution in [1.82, 2.24) is 25.1 Å². The van der Waals surface area contributed by atoms with Gasteiger partial charge in [0.15, 0.2) is 5.69 Å². The first kappa shape index (κ1) is 24.5. The molecule has 0 unspecified atom stereocenters. The highest BCUT2D eigenvalue weighted by molar-refractivity contribution is 6.11. The van der Waals surface area contributed by atoms with E-state index in [1.165, 1.54) is 12.8 Å². The molecule has 1 aromatic carbocycles. The highest BCUT2D eigenvalue weighted by Gasteiger charge is 2.21. The van der Waals surface area contributed by atoms with E-state index >= 15 is 0 Å². The summed E-state index contributed by atoms with van der Waals surface area (Å²) in [7, 11) is 0. The Balaban J connectivity index is 1.16. The number of H-pyrrole nitrogens is 1. The maximum Gasteiger partial charge on any atom is 0.276 e. The van der Waals surface area contributed by atoms with E-state index in [2.05, 4.69) is 30.4 Å². The number of pyridine rings is 2. The topological polar surface area (TPSA) is 116 Å². The van der Waals surface area contributed by atoms with Crippen molar-refractivity contribution in [1.29, 1.82) is 0 Å². The Hall–Kier alpha value is -3.82. The number of ether oxygens (including phenoxy) is 1. The third-order valence-electron chi connectivity index (χ3n) is 7.44. The second-order valence-electron chi connectivity index (χ2n) is 10.3. The van der Waals surface area contributed by atoms with E-state index in [-0.39, 0.29) is 18.1 Å². The van der Waals surface area contributed by atoms with Crippen LogP contribution in [0.15, 0.2) is 55.0 Å². The first-order valence-electron chi connectivity index (χ1n) is 13.4. The predicted octanol–water partition coefficient (Wildman–Crippen LogP) is 4.55. The Morgan fingerprint density at radius 2 is 1.87 bits per heavy atom. The van der Waals surface area contributed by atoms with Gasteiger partial charge >= 0.3 is 0 Å². The first-order valence-corrected chi connectivity index (χ1v) is 13.4. The van der Waals surface area contributed by atoms with Crippen LogP contribution < -0.4 is 10.1 Å². The molecular weight excluding hydrogens is 480 g/mol. The first-order chi connectivity index (χ1) is 18.6.